The lowest BCUT2D eigenvalue weighted by atomic mass is 10.1. The lowest BCUT2D eigenvalue weighted by Gasteiger charge is -2.12. The minimum absolute atomic E-state index is 0.0880. The van der Waals surface area contributed by atoms with Gasteiger partial charge in [-0.25, -0.2) is 0 Å². The predicted molar refractivity (Wildman–Crippen MR) is 86.1 cm³/mol. The van der Waals surface area contributed by atoms with Crippen LogP contribution in [0.3, 0.4) is 0 Å². The second-order valence-corrected chi connectivity index (χ2v) is 4.95. The van der Waals surface area contributed by atoms with Crippen molar-refractivity contribution < 1.29 is 9.53 Å². The average Bonchev–Trinajstić information content (AvgIpc) is 2.46. The Labute approximate surface area is 129 Å². The van der Waals surface area contributed by atoms with Crippen molar-refractivity contribution >= 4 is 28.9 Å². The van der Waals surface area contributed by atoms with E-state index in [2.05, 4.69) is 10.6 Å². The molecule has 110 valence electrons. The molecule has 0 aliphatic heterocycles. The molecule has 0 aromatic heterocycles. The first-order chi connectivity index (χ1) is 10.1. The Bertz CT molecular complexity index is 644. The first-order valence-electron chi connectivity index (χ1n) is 6.53. The first kappa shape index (κ1) is 15.2. The highest BCUT2D eigenvalue weighted by molar-refractivity contribution is 6.32. The zero-order chi connectivity index (χ0) is 15.2. The van der Waals surface area contributed by atoms with Gasteiger partial charge in [-0.1, -0.05) is 29.8 Å². The molecule has 0 unspecified atom stereocenters. The minimum atomic E-state index is -0.0880. The summed E-state index contributed by atoms with van der Waals surface area (Å²) in [6, 6.07) is 13.2. The van der Waals surface area contributed by atoms with Crippen LogP contribution in [-0.2, 0) is 11.3 Å². The van der Waals surface area contributed by atoms with Crippen LogP contribution in [0.2, 0.25) is 5.02 Å². The molecule has 2 aromatic carbocycles. The van der Waals surface area contributed by atoms with Gasteiger partial charge in [-0.3, -0.25) is 4.79 Å². The van der Waals surface area contributed by atoms with Crippen LogP contribution in [0, 0.1) is 0 Å². The van der Waals surface area contributed by atoms with Gasteiger partial charge in [-0.05, 0) is 29.8 Å². The predicted octanol–water partition coefficient (Wildman–Crippen LogP) is 3.92. The van der Waals surface area contributed by atoms with Crippen LogP contribution < -0.4 is 15.4 Å². The van der Waals surface area contributed by atoms with Crippen LogP contribution >= 0.6 is 11.6 Å². The Hall–Kier alpha value is -2.20. The number of hydrogen-bond acceptors (Lipinski definition) is 3. The van der Waals surface area contributed by atoms with Crippen molar-refractivity contribution in [3.63, 3.8) is 0 Å². The normalized spacial score (nSPS) is 10.0. The summed E-state index contributed by atoms with van der Waals surface area (Å²) in [7, 11) is 1.58. The van der Waals surface area contributed by atoms with Gasteiger partial charge in [-0.15, -0.1) is 0 Å². The van der Waals surface area contributed by atoms with Gasteiger partial charge in [0, 0.05) is 24.8 Å². The molecule has 0 aliphatic carbocycles. The Morgan fingerprint density at radius 2 is 2.00 bits per heavy atom. The number of amides is 1. The highest BCUT2D eigenvalue weighted by atomic mass is 35.5. The highest BCUT2D eigenvalue weighted by Gasteiger charge is 2.05. The average molecular weight is 305 g/mol. The molecular weight excluding hydrogens is 288 g/mol. The van der Waals surface area contributed by atoms with Crippen LogP contribution in [0.5, 0.6) is 5.75 Å². The van der Waals surface area contributed by atoms with Crippen LogP contribution in [-0.4, -0.2) is 13.0 Å². The smallest absolute Gasteiger partial charge is 0.221 e. The number of methoxy groups -OCH3 is 1. The van der Waals surface area contributed by atoms with E-state index in [0.717, 1.165) is 16.9 Å². The van der Waals surface area contributed by atoms with Crippen LogP contribution in [0.1, 0.15) is 12.5 Å². The fraction of sp³-hybridized carbons (Fsp3) is 0.188. The summed E-state index contributed by atoms with van der Waals surface area (Å²) in [4.78, 5) is 11.2. The standard InChI is InChI=1S/C16H17ClN2O2/c1-11(20)19-15-6-4-3-5-12(15)10-18-13-7-8-16(21-2)14(17)9-13/h3-9,18H,10H2,1-2H3,(H,19,20). The number of ether oxygens (including phenoxy) is 1. The number of anilines is 2. The van der Waals surface area contributed by atoms with Crippen LogP contribution in [0.25, 0.3) is 0 Å². The molecule has 0 saturated heterocycles. The maximum Gasteiger partial charge on any atom is 0.221 e. The molecule has 0 saturated carbocycles. The fourth-order valence-corrected chi connectivity index (χ4v) is 2.22. The van der Waals surface area contributed by atoms with Crippen LogP contribution in [0.4, 0.5) is 11.4 Å². The zero-order valence-corrected chi connectivity index (χ0v) is 12.7. The van der Waals surface area contributed by atoms with E-state index in [-0.39, 0.29) is 5.91 Å². The van der Waals surface area contributed by atoms with Gasteiger partial charge in [0.25, 0.3) is 0 Å². The van der Waals surface area contributed by atoms with E-state index >= 15 is 0 Å². The lowest BCUT2D eigenvalue weighted by Crippen LogP contribution is -2.10. The molecule has 2 aromatic rings. The molecule has 0 spiro atoms. The van der Waals surface area contributed by atoms with Gasteiger partial charge in [0.15, 0.2) is 0 Å². The molecule has 0 heterocycles. The van der Waals surface area contributed by atoms with E-state index in [1.54, 1.807) is 13.2 Å². The summed E-state index contributed by atoms with van der Waals surface area (Å²) < 4.78 is 5.12. The van der Waals surface area contributed by atoms with Crippen molar-refractivity contribution in [1.29, 1.82) is 0 Å². The summed E-state index contributed by atoms with van der Waals surface area (Å²) >= 11 is 6.09. The van der Waals surface area contributed by atoms with Crippen molar-refractivity contribution in [2.24, 2.45) is 0 Å². The summed E-state index contributed by atoms with van der Waals surface area (Å²) in [6.45, 7) is 2.08. The van der Waals surface area contributed by atoms with Crippen molar-refractivity contribution in [2.45, 2.75) is 13.5 Å². The van der Waals surface area contributed by atoms with Gasteiger partial charge < -0.3 is 15.4 Å². The van der Waals surface area contributed by atoms with E-state index < -0.39 is 0 Å². The summed E-state index contributed by atoms with van der Waals surface area (Å²) in [5.74, 6) is 0.552. The summed E-state index contributed by atoms with van der Waals surface area (Å²) in [5.41, 5.74) is 2.69. The lowest BCUT2D eigenvalue weighted by molar-refractivity contribution is -0.114. The van der Waals surface area contributed by atoms with Crippen LogP contribution in [0.15, 0.2) is 42.5 Å². The Kier molecular flexibility index (Phi) is 5.06. The number of halogens is 1. The van der Waals surface area contributed by atoms with Crippen molar-refractivity contribution in [1.82, 2.24) is 0 Å². The monoisotopic (exact) mass is 304 g/mol. The molecule has 0 aliphatic rings. The van der Waals surface area contributed by atoms with Gasteiger partial charge in [-0.2, -0.15) is 0 Å². The fourth-order valence-electron chi connectivity index (χ4n) is 1.96. The molecule has 4 nitrogen and oxygen atoms in total. The third kappa shape index (κ3) is 4.13. The second kappa shape index (κ2) is 6.99. The quantitative estimate of drug-likeness (QED) is 0.880. The minimum Gasteiger partial charge on any atom is -0.495 e. The maximum atomic E-state index is 11.2. The first-order valence-corrected chi connectivity index (χ1v) is 6.91. The van der Waals surface area contributed by atoms with E-state index in [1.807, 2.05) is 36.4 Å². The number of para-hydroxylation sites is 1. The molecular formula is C16H17ClN2O2. The number of benzene rings is 2. The second-order valence-electron chi connectivity index (χ2n) is 4.54. The third-order valence-corrected chi connectivity index (χ3v) is 3.26. The van der Waals surface area contributed by atoms with E-state index in [0.29, 0.717) is 17.3 Å². The molecule has 2 rings (SSSR count). The molecule has 0 radical (unpaired) electrons. The van der Waals surface area contributed by atoms with E-state index in [9.17, 15) is 4.79 Å². The number of carbonyl (C=O) groups excluding carboxylic acids is 1. The molecule has 0 fully saturated rings. The van der Waals surface area contributed by atoms with E-state index in [4.69, 9.17) is 16.3 Å². The van der Waals surface area contributed by atoms with Crippen molar-refractivity contribution in [3.05, 3.63) is 53.1 Å². The number of nitrogens with one attached hydrogen (secondary N) is 2. The van der Waals surface area contributed by atoms with E-state index in [1.165, 1.54) is 6.92 Å². The molecule has 1 amide bonds. The summed E-state index contributed by atoms with van der Waals surface area (Å²) in [5, 5.41) is 6.64. The summed E-state index contributed by atoms with van der Waals surface area (Å²) in [6.07, 6.45) is 0. The van der Waals surface area contributed by atoms with Crippen molar-refractivity contribution in [2.75, 3.05) is 17.7 Å². The SMILES string of the molecule is COc1ccc(NCc2ccccc2NC(C)=O)cc1Cl. The van der Waals surface area contributed by atoms with Crippen molar-refractivity contribution in [3.8, 4) is 5.75 Å². The number of hydrogen-bond donors (Lipinski definition) is 2. The number of rotatable bonds is 5. The topological polar surface area (TPSA) is 50.4 Å². The molecule has 2 N–H and O–H groups in total. The molecule has 0 atom stereocenters. The van der Waals surface area contributed by atoms with Gasteiger partial charge in [0.05, 0.1) is 12.1 Å². The maximum absolute atomic E-state index is 11.2. The Morgan fingerprint density at radius 3 is 2.67 bits per heavy atom. The third-order valence-electron chi connectivity index (χ3n) is 2.96. The Balaban J connectivity index is 2.09. The molecule has 5 heteroatoms. The molecule has 21 heavy (non-hydrogen) atoms. The largest absolute Gasteiger partial charge is 0.495 e. The zero-order valence-electron chi connectivity index (χ0n) is 11.9. The highest BCUT2D eigenvalue weighted by Crippen LogP contribution is 2.27. The van der Waals surface area contributed by atoms with Gasteiger partial charge in [0.1, 0.15) is 5.75 Å². The number of carbonyl (C=O) groups is 1. The Morgan fingerprint density at radius 1 is 1.24 bits per heavy atom. The van der Waals surface area contributed by atoms with Gasteiger partial charge >= 0.3 is 0 Å². The van der Waals surface area contributed by atoms with Gasteiger partial charge in [0.2, 0.25) is 5.91 Å². The molecule has 0 bridgehead atoms.